The summed E-state index contributed by atoms with van der Waals surface area (Å²) in [6.07, 6.45) is 3.27. The van der Waals surface area contributed by atoms with Gasteiger partial charge in [0.1, 0.15) is 5.69 Å². The molecule has 1 aromatic heterocycles. The number of nitrogens with two attached hydrogens (primary N) is 1. The number of thioether (sulfide) groups is 1. The van der Waals surface area contributed by atoms with E-state index in [4.69, 9.17) is 17.3 Å². The van der Waals surface area contributed by atoms with E-state index in [9.17, 15) is 5.11 Å². The van der Waals surface area contributed by atoms with Gasteiger partial charge in [0.05, 0.1) is 6.10 Å². The molecule has 1 saturated carbocycles. The molecule has 0 saturated heterocycles. The summed E-state index contributed by atoms with van der Waals surface area (Å²) >= 11 is 7.60. The van der Waals surface area contributed by atoms with Gasteiger partial charge in [-0.2, -0.15) is 0 Å². The van der Waals surface area contributed by atoms with E-state index in [1.54, 1.807) is 11.8 Å². The van der Waals surface area contributed by atoms with Crippen molar-refractivity contribution in [2.75, 3.05) is 16.8 Å². The fourth-order valence-corrected chi connectivity index (χ4v) is 2.99. The number of nitrogens with one attached hydrogen (secondary N) is 1. The van der Waals surface area contributed by atoms with E-state index in [1.165, 1.54) is 0 Å². The van der Waals surface area contributed by atoms with Crippen molar-refractivity contribution in [1.82, 2.24) is 9.97 Å². The van der Waals surface area contributed by atoms with E-state index in [-0.39, 0.29) is 17.3 Å². The van der Waals surface area contributed by atoms with Gasteiger partial charge in [-0.1, -0.05) is 30.3 Å². The minimum absolute atomic E-state index is 0.201. The maximum atomic E-state index is 9.54. The molecule has 1 aliphatic rings. The van der Waals surface area contributed by atoms with Crippen molar-refractivity contribution in [3.05, 3.63) is 5.15 Å². The van der Waals surface area contributed by atoms with Crippen LogP contribution in [0.15, 0.2) is 5.16 Å². The summed E-state index contributed by atoms with van der Waals surface area (Å²) in [5, 5.41) is 13.7. The number of hydrogen-bond donors (Lipinski definition) is 3. The molecule has 0 amide bonds. The lowest BCUT2D eigenvalue weighted by Gasteiger charge is -2.15. The predicted octanol–water partition coefficient (Wildman–Crippen LogP) is 2.54. The van der Waals surface area contributed by atoms with Crippen LogP contribution in [0.2, 0.25) is 5.15 Å². The molecule has 1 aliphatic carbocycles. The van der Waals surface area contributed by atoms with E-state index in [1.807, 2.05) is 0 Å². The minimum atomic E-state index is -0.232. The van der Waals surface area contributed by atoms with Crippen LogP contribution in [0.5, 0.6) is 0 Å². The van der Waals surface area contributed by atoms with Crippen LogP contribution in [0.25, 0.3) is 0 Å². The number of hydrogen-bond acceptors (Lipinski definition) is 6. The first kappa shape index (κ1) is 14.7. The van der Waals surface area contributed by atoms with Crippen molar-refractivity contribution in [3.63, 3.8) is 0 Å². The second-order valence-electron chi connectivity index (χ2n) is 4.72. The van der Waals surface area contributed by atoms with Crippen molar-refractivity contribution in [3.8, 4) is 0 Å². The number of rotatable bonds is 5. The van der Waals surface area contributed by atoms with Gasteiger partial charge in [0.15, 0.2) is 16.1 Å². The summed E-state index contributed by atoms with van der Waals surface area (Å²) in [7, 11) is 0. The highest BCUT2D eigenvalue weighted by Gasteiger charge is 2.24. The first-order valence-electron chi connectivity index (χ1n) is 6.50. The number of nitrogen functional groups attached to an aromatic ring is 1. The Balaban J connectivity index is 2.11. The standard InChI is InChI=1S/C12H19ClN4OS/c1-2-5-19-12-16-10(13)9(14)11(17-12)15-7-3-4-8(18)6-7/h7-8,18H,2-6,14H2,1H3,(H,15,16,17)/t7-,8-/m0/s1. The Bertz CT molecular complexity index is 446. The molecule has 1 aromatic rings. The monoisotopic (exact) mass is 302 g/mol. The average molecular weight is 303 g/mol. The maximum absolute atomic E-state index is 9.54. The molecule has 4 N–H and O–H groups in total. The highest BCUT2D eigenvalue weighted by Crippen LogP contribution is 2.30. The minimum Gasteiger partial charge on any atom is -0.393 e. The third-order valence-corrected chi connectivity index (χ3v) is 4.40. The summed E-state index contributed by atoms with van der Waals surface area (Å²) in [4.78, 5) is 8.57. The Hall–Kier alpha value is -0.720. The number of nitrogens with zero attached hydrogens (tertiary/aromatic N) is 2. The molecule has 2 rings (SSSR count). The summed E-state index contributed by atoms with van der Waals surface area (Å²) in [6, 6.07) is 0.201. The van der Waals surface area contributed by atoms with Crippen molar-refractivity contribution >= 4 is 34.9 Å². The van der Waals surface area contributed by atoms with E-state index in [0.29, 0.717) is 16.7 Å². The Kier molecular flexibility index (Phi) is 5.13. The van der Waals surface area contributed by atoms with Gasteiger partial charge in [0.25, 0.3) is 0 Å². The second-order valence-corrected chi connectivity index (χ2v) is 6.14. The zero-order chi connectivity index (χ0) is 13.8. The maximum Gasteiger partial charge on any atom is 0.191 e. The van der Waals surface area contributed by atoms with Crippen LogP contribution >= 0.6 is 23.4 Å². The molecule has 0 aliphatic heterocycles. The molecule has 0 unspecified atom stereocenters. The van der Waals surface area contributed by atoms with Crippen LogP contribution < -0.4 is 11.1 Å². The van der Waals surface area contributed by atoms with Gasteiger partial charge >= 0.3 is 0 Å². The lowest BCUT2D eigenvalue weighted by atomic mass is 10.2. The number of aliphatic hydroxyl groups is 1. The van der Waals surface area contributed by atoms with Crippen LogP contribution in [0.1, 0.15) is 32.6 Å². The highest BCUT2D eigenvalue weighted by atomic mass is 35.5. The first-order valence-corrected chi connectivity index (χ1v) is 7.87. The zero-order valence-electron chi connectivity index (χ0n) is 10.9. The predicted molar refractivity (Wildman–Crippen MR) is 79.7 cm³/mol. The molecule has 0 aromatic carbocycles. The van der Waals surface area contributed by atoms with Crippen molar-refractivity contribution in [2.45, 2.75) is 49.9 Å². The first-order chi connectivity index (χ1) is 9.10. The summed E-state index contributed by atoms with van der Waals surface area (Å²) in [6.45, 7) is 2.10. The van der Waals surface area contributed by atoms with E-state index >= 15 is 0 Å². The number of halogens is 1. The molecule has 19 heavy (non-hydrogen) atoms. The van der Waals surface area contributed by atoms with Crippen molar-refractivity contribution in [1.29, 1.82) is 0 Å². The van der Waals surface area contributed by atoms with Gasteiger partial charge in [-0.05, 0) is 25.7 Å². The van der Waals surface area contributed by atoms with Crippen molar-refractivity contribution < 1.29 is 5.11 Å². The van der Waals surface area contributed by atoms with Gasteiger partial charge in [-0.25, -0.2) is 9.97 Å². The van der Waals surface area contributed by atoms with Crippen LogP contribution in [0.4, 0.5) is 11.5 Å². The summed E-state index contributed by atoms with van der Waals surface area (Å²) < 4.78 is 0. The highest BCUT2D eigenvalue weighted by molar-refractivity contribution is 7.99. The third-order valence-electron chi connectivity index (χ3n) is 3.06. The number of aromatic nitrogens is 2. The molecule has 1 fully saturated rings. The molecule has 0 spiro atoms. The SMILES string of the molecule is CCCSc1nc(Cl)c(N)c(N[C@H]2CC[C@H](O)C2)n1. The summed E-state index contributed by atoms with van der Waals surface area (Å²) in [5.74, 6) is 1.53. The van der Waals surface area contributed by atoms with E-state index < -0.39 is 0 Å². The Morgan fingerprint density at radius 2 is 2.26 bits per heavy atom. The molecular formula is C12H19ClN4OS. The summed E-state index contributed by atoms with van der Waals surface area (Å²) in [5.41, 5.74) is 6.28. The van der Waals surface area contributed by atoms with Crippen molar-refractivity contribution in [2.24, 2.45) is 0 Å². The Labute approximate surface area is 122 Å². The molecular weight excluding hydrogens is 284 g/mol. The zero-order valence-corrected chi connectivity index (χ0v) is 12.5. The Morgan fingerprint density at radius 3 is 2.89 bits per heavy atom. The largest absolute Gasteiger partial charge is 0.393 e. The van der Waals surface area contributed by atoms with Gasteiger partial charge in [-0.15, -0.1) is 0 Å². The molecule has 5 nitrogen and oxygen atoms in total. The van der Waals surface area contributed by atoms with Crippen LogP contribution in [0, 0.1) is 0 Å². The quantitative estimate of drug-likeness (QED) is 0.440. The number of aliphatic hydroxyl groups excluding tert-OH is 1. The lowest BCUT2D eigenvalue weighted by Crippen LogP contribution is -2.19. The topological polar surface area (TPSA) is 84.1 Å². The normalized spacial score (nSPS) is 22.7. The molecule has 0 bridgehead atoms. The molecule has 1 heterocycles. The van der Waals surface area contributed by atoms with Gasteiger partial charge in [0.2, 0.25) is 0 Å². The second kappa shape index (κ2) is 6.63. The molecule has 106 valence electrons. The van der Waals surface area contributed by atoms with Gasteiger partial charge in [0, 0.05) is 11.8 Å². The third kappa shape index (κ3) is 3.87. The Morgan fingerprint density at radius 1 is 1.47 bits per heavy atom. The lowest BCUT2D eigenvalue weighted by molar-refractivity contribution is 0.182. The van der Waals surface area contributed by atoms with Crippen LogP contribution in [-0.4, -0.2) is 33.0 Å². The fourth-order valence-electron chi connectivity index (χ4n) is 2.07. The fraction of sp³-hybridized carbons (Fsp3) is 0.667. The van der Waals surface area contributed by atoms with E-state index in [0.717, 1.165) is 31.4 Å². The van der Waals surface area contributed by atoms with Crippen LogP contribution in [-0.2, 0) is 0 Å². The number of anilines is 2. The van der Waals surface area contributed by atoms with Gasteiger partial charge < -0.3 is 16.2 Å². The van der Waals surface area contributed by atoms with Gasteiger partial charge in [-0.3, -0.25) is 0 Å². The van der Waals surface area contributed by atoms with Crippen LogP contribution in [0.3, 0.4) is 0 Å². The smallest absolute Gasteiger partial charge is 0.191 e. The molecule has 0 radical (unpaired) electrons. The van der Waals surface area contributed by atoms with E-state index in [2.05, 4.69) is 22.2 Å². The average Bonchev–Trinajstić information content (AvgIpc) is 2.78. The molecule has 7 heteroatoms. The molecule has 2 atom stereocenters.